The van der Waals surface area contributed by atoms with E-state index in [1.165, 1.54) is 32.3 Å². The van der Waals surface area contributed by atoms with Crippen molar-refractivity contribution in [1.82, 2.24) is 4.57 Å². The van der Waals surface area contributed by atoms with Gasteiger partial charge in [-0.2, -0.15) is 0 Å². The van der Waals surface area contributed by atoms with E-state index in [0.717, 1.165) is 38.6 Å². The molecule has 0 radical (unpaired) electrons. The number of rotatable bonds is 1. The molecule has 0 unspecified atom stereocenters. The molecule has 0 saturated heterocycles. The standard InChI is InChI=1S/C34H21N3/c35-28-16-12-23-10-9-22-11-15-24(19-27(22)31(23)34(28)36)37-29-17-13-20-5-1-3-7-25(20)32(29)33-26-8-4-2-6-21(26)14-18-30(33)37/h1-19,35-36H. The number of hydrogen-bond donors (Lipinski definition) is 2. The van der Waals surface area contributed by atoms with Crippen LogP contribution in [0.2, 0.25) is 0 Å². The van der Waals surface area contributed by atoms with E-state index in [0.29, 0.717) is 0 Å². The number of fused-ring (bicyclic) bond motifs is 10. The van der Waals surface area contributed by atoms with Gasteiger partial charge < -0.3 is 4.57 Å². The zero-order chi connectivity index (χ0) is 24.7. The second-order valence-electron chi connectivity index (χ2n) is 9.75. The maximum atomic E-state index is 8.66. The first kappa shape index (κ1) is 20.2. The summed E-state index contributed by atoms with van der Waals surface area (Å²) < 4.78 is 2.36. The number of benzene rings is 6. The molecule has 1 aliphatic carbocycles. The molecule has 3 heteroatoms. The fourth-order valence-corrected chi connectivity index (χ4v) is 6.10. The molecular formula is C34H21N3. The average molecular weight is 472 g/mol. The van der Waals surface area contributed by atoms with Gasteiger partial charge in [-0.3, -0.25) is 10.8 Å². The van der Waals surface area contributed by atoms with Gasteiger partial charge >= 0.3 is 0 Å². The van der Waals surface area contributed by atoms with Crippen LogP contribution < -0.4 is 0 Å². The lowest BCUT2D eigenvalue weighted by atomic mass is 9.89. The smallest absolute Gasteiger partial charge is 0.0873 e. The molecule has 0 bridgehead atoms. The highest BCUT2D eigenvalue weighted by Crippen LogP contribution is 2.41. The first-order chi connectivity index (χ1) is 18.2. The average Bonchev–Trinajstić information content (AvgIpc) is 3.30. The SMILES string of the molecule is N=C1C=Cc2ccc3ccc(-n4c5ccc6ccccc6c5c5c6ccccc6ccc54)cc3c2C1=N. The van der Waals surface area contributed by atoms with E-state index < -0.39 is 0 Å². The monoisotopic (exact) mass is 471 g/mol. The Morgan fingerprint density at radius 1 is 0.514 bits per heavy atom. The van der Waals surface area contributed by atoms with Crippen LogP contribution in [0.25, 0.3) is 65.9 Å². The van der Waals surface area contributed by atoms with Crippen LogP contribution in [0.5, 0.6) is 0 Å². The maximum Gasteiger partial charge on any atom is 0.0873 e. The van der Waals surface area contributed by atoms with Crippen molar-refractivity contribution in [3.05, 3.63) is 120 Å². The number of hydrogen-bond acceptors (Lipinski definition) is 2. The predicted octanol–water partition coefficient (Wildman–Crippen LogP) is 8.66. The summed E-state index contributed by atoms with van der Waals surface area (Å²) in [6.07, 6.45) is 3.66. The Labute approximate surface area is 212 Å². The Kier molecular flexibility index (Phi) is 3.96. The van der Waals surface area contributed by atoms with Crippen LogP contribution in [0.1, 0.15) is 11.1 Å². The van der Waals surface area contributed by atoms with Crippen molar-refractivity contribution in [2.45, 2.75) is 0 Å². The van der Waals surface area contributed by atoms with Gasteiger partial charge in [0.15, 0.2) is 0 Å². The summed E-state index contributed by atoms with van der Waals surface area (Å²) in [5.74, 6) is 0. The van der Waals surface area contributed by atoms with Crippen LogP contribution in [0.3, 0.4) is 0 Å². The summed E-state index contributed by atoms with van der Waals surface area (Å²) in [5.41, 5.74) is 5.74. The third-order valence-electron chi connectivity index (χ3n) is 7.79. The minimum absolute atomic E-state index is 0.250. The maximum absolute atomic E-state index is 8.66. The Morgan fingerprint density at radius 3 is 1.76 bits per heavy atom. The van der Waals surface area contributed by atoms with Gasteiger partial charge in [0.05, 0.1) is 22.5 Å². The molecule has 1 heterocycles. The van der Waals surface area contributed by atoms with Crippen LogP contribution >= 0.6 is 0 Å². The molecule has 0 amide bonds. The topological polar surface area (TPSA) is 52.6 Å². The largest absolute Gasteiger partial charge is 0.309 e. The normalized spacial score (nSPS) is 13.4. The van der Waals surface area contributed by atoms with Gasteiger partial charge in [0.2, 0.25) is 0 Å². The number of aromatic nitrogens is 1. The number of nitrogens with one attached hydrogen (secondary N) is 2. The van der Waals surface area contributed by atoms with Gasteiger partial charge in [-0.1, -0.05) is 84.9 Å². The molecule has 3 nitrogen and oxygen atoms in total. The molecule has 7 aromatic rings. The molecule has 0 aliphatic heterocycles. The fraction of sp³-hybridized carbons (Fsp3) is 0. The summed E-state index contributed by atoms with van der Waals surface area (Å²) in [5, 5.41) is 26.5. The van der Waals surface area contributed by atoms with Crippen molar-refractivity contribution in [1.29, 1.82) is 10.8 Å². The van der Waals surface area contributed by atoms with Gasteiger partial charge in [0, 0.05) is 22.0 Å². The Bertz CT molecular complexity index is 2080. The number of allylic oxidation sites excluding steroid dienone is 1. The van der Waals surface area contributed by atoms with Gasteiger partial charge in [-0.25, -0.2) is 0 Å². The van der Waals surface area contributed by atoms with Crippen molar-refractivity contribution in [2.24, 2.45) is 0 Å². The molecular weight excluding hydrogens is 450 g/mol. The summed E-state index contributed by atoms with van der Waals surface area (Å²) in [7, 11) is 0. The van der Waals surface area contributed by atoms with E-state index in [2.05, 4.69) is 102 Å². The van der Waals surface area contributed by atoms with Gasteiger partial charge in [0.1, 0.15) is 0 Å². The molecule has 0 fully saturated rings. The van der Waals surface area contributed by atoms with Crippen LogP contribution in [0, 0.1) is 10.8 Å². The number of nitrogens with zero attached hydrogens (tertiary/aromatic N) is 1. The quantitative estimate of drug-likeness (QED) is 0.241. The van der Waals surface area contributed by atoms with Gasteiger partial charge in [0.25, 0.3) is 0 Å². The Balaban J connectivity index is 1.55. The summed E-state index contributed by atoms with van der Waals surface area (Å²) in [6.45, 7) is 0. The zero-order valence-electron chi connectivity index (χ0n) is 19.9. The molecule has 1 aliphatic rings. The second kappa shape index (κ2) is 7.25. The minimum atomic E-state index is 0.250. The van der Waals surface area contributed by atoms with Crippen LogP contribution in [0.4, 0.5) is 0 Å². The van der Waals surface area contributed by atoms with Crippen molar-refractivity contribution in [3.63, 3.8) is 0 Å². The van der Waals surface area contributed by atoms with Crippen LogP contribution in [0.15, 0.2) is 109 Å². The van der Waals surface area contributed by atoms with Crippen LogP contribution in [-0.2, 0) is 0 Å². The Hall–Kier alpha value is -5.02. The van der Waals surface area contributed by atoms with Crippen molar-refractivity contribution < 1.29 is 0 Å². The lowest BCUT2D eigenvalue weighted by Gasteiger charge is -2.17. The molecule has 37 heavy (non-hydrogen) atoms. The molecule has 0 spiro atoms. The molecule has 0 saturated carbocycles. The van der Waals surface area contributed by atoms with Crippen molar-refractivity contribution in [2.75, 3.05) is 0 Å². The molecule has 2 N–H and O–H groups in total. The van der Waals surface area contributed by atoms with Crippen molar-refractivity contribution >= 4 is 71.6 Å². The highest BCUT2D eigenvalue weighted by atomic mass is 15.0. The van der Waals surface area contributed by atoms with E-state index in [9.17, 15) is 0 Å². The lowest BCUT2D eigenvalue weighted by molar-refractivity contribution is 1.19. The van der Waals surface area contributed by atoms with E-state index in [1.807, 2.05) is 12.1 Å². The van der Waals surface area contributed by atoms with E-state index in [1.54, 1.807) is 6.08 Å². The first-order valence-corrected chi connectivity index (χ1v) is 12.5. The lowest BCUT2D eigenvalue weighted by Crippen LogP contribution is -2.16. The first-order valence-electron chi connectivity index (χ1n) is 12.5. The Morgan fingerprint density at radius 2 is 1.08 bits per heavy atom. The van der Waals surface area contributed by atoms with Crippen LogP contribution in [-0.4, -0.2) is 16.0 Å². The van der Waals surface area contributed by atoms with Gasteiger partial charge in [-0.15, -0.1) is 0 Å². The van der Waals surface area contributed by atoms with Gasteiger partial charge in [-0.05, 0) is 68.2 Å². The second-order valence-corrected chi connectivity index (χ2v) is 9.75. The molecule has 1 aromatic heterocycles. The van der Waals surface area contributed by atoms with E-state index >= 15 is 0 Å². The third kappa shape index (κ3) is 2.71. The highest BCUT2D eigenvalue weighted by molar-refractivity contribution is 6.53. The van der Waals surface area contributed by atoms with Crippen molar-refractivity contribution in [3.8, 4) is 5.69 Å². The molecule has 172 valence electrons. The third-order valence-corrected chi connectivity index (χ3v) is 7.79. The fourth-order valence-electron chi connectivity index (χ4n) is 6.10. The summed E-state index contributed by atoms with van der Waals surface area (Å²) in [6, 6.07) is 36.8. The summed E-state index contributed by atoms with van der Waals surface area (Å²) in [4.78, 5) is 0. The summed E-state index contributed by atoms with van der Waals surface area (Å²) >= 11 is 0. The zero-order valence-corrected chi connectivity index (χ0v) is 19.9. The van der Waals surface area contributed by atoms with E-state index in [-0.39, 0.29) is 11.4 Å². The molecule has 8 rings (SSSR count). The molecule has 6 aromatic carbocycles. The van der Waals surface area contributed by atoms with E-state index in [4.69, 9.17) is 10.8 Å². The molecule has 0 atom stereocenters. The highest BCUT2D eigenvalue weighted by Gasteiger charge is 2.20. The predicted molar refractivity (Wildman–Crippen MR) is 157 cm³/mol. The minimum Gasteiger partial charge on any atom is -0.309 e.